The van der Waals surface area contributed by atoms with Crippen LogP contribution in [0.4, 0.5) is 9.59 Å². The zero-order valence-corrected chi connectivity index (χ0v) is 14.7. The quantitative estimate of drug-likeness (QED) is 0.669. The minimum absolute atomic E-state index is 0.107. The highest BCUT2D eigenvalue weighted by Crippen LogP contribution is 2.11. The van der Waals surface area contributed by atoms with Crippen LogP contribution < -0.4 is 5.32 Å². The lowest BCUT2D eigenvalue weighted by Gasteiger charge is -2.31. The number of carboxylic acid groups (broad SMARTS) is 1. The molecule has 0 aliphatic heterocycles. The number of benzene rings is 1. The number of rotatable bonds is 9. The minimum atomic E-state index is -1.08. The van der Waals surface area contributed by atoms with Gasteiger partial charge in [0.25, 0.3) is 0 Å². The standard InChI is InChI=1S/C19H26N2O4/c1-5-14(3)17(12-21(19(23)24)15(4)6-2)20-18(22)25-13-16-10-8-7-9-11-16/h5-11,14-15,17H,1-2,12-13H2,3-4H3,(H,20,22)(H,23,24)/t14-,15?,17-/m0/s1. The van der Waals surface area contributed by atoms with Gasteiger partial charge in [-0.3, -0.25) is 0 Å². The van der Waals surface area contributed by atoms with E-state index < -0.39 is 18.2 Å². The Hall–Kier alpha value is -2.76. The second-order valence-corrected chi connectivity index (χ2v) is 5.82. The van der Waals surface area contributed by atoms with Crippen LogP contribution in [0.25, 0.3) is 0 Å². The maximum Gasteiger partial charge on any atom is 0.407 e. The molecule has 1 rings (SSSR count). The highest BCUT2D eigenvalue weighted by atomic mass is 16.5. The van der Waals surface area contributed by atoms with Gasteiger partial charge in [0.1, 0.15) is 6.61 Å². The van der Waals surface area contributed by atoms with Crippen LogP contribution in [0.3, 0.4) is 0 Å². The lowest BCUT2D eigenvalue weighted by Crippen LogP contribution is -2.50. The van der Waals surface area contributed by atoms with Crippen molar-refractivity contribution in [3.63, 3.8) is 0 Å². The Kier molecular flexibility index (Phi) is 8.26. The van der Waals surface area contributed by atoms with Gasteiger partial charge in [-0.1, -0.05) is 49.4 Å². The summed E-state index contributed by atoms with van der Waals surface area (Å²) in [5.74, 6) is -0.136. The van der Waals surface area contributed by atoms with Crippen LogP contribution in [0.1, 0.15) is 19.4 Å². The Morgan fingerprint density at radius 2 is 1.88 bits per heavy atom. The SMILES string of the molecule is C=CC(C)N(C[C@H](NC(=O)OCc1ccccc1)[C@@H](C)C=C)C(=O)O. The van der Waals surface area contributed by atoms with Crippen molar-refractivity contribution >= 4 is 12.2 Å². The second kappa shape index (κ2) is 10.2. The van der Waals surface area contributed by atoms with Gasteiger partial charge in [-0.2, -0.15) is 0 Å². The molecule has 0 bridgehead atoms. The largest absolute Gasteiger partial charge is 0.465 e. The first-order valence-corrected chi connectivity index (χ1v) is 8.11. The van der Waals surface area contributed by atoms with Gasteiger partial charge in [0.2, 0.25) is 0 Å². The van der Waals surface area contributed by atoms with E-state index in [-0.39, 0.29) is 25.1 Å². The van der Waals surface area contributed by atoms with E-state index in [0.29, 0.717) is 0 Å². The lowest BCUT2D eigenvalue weighted by molar-refractivity contribution is 0.114. The summed E-state index contributed by atoms with van der Waals surface area (Å²) in [6, 6.07) is 8.48. The van der Waals surface area contributed by atoms with Crippen LogP contribution in [0, 0.1) is 5.92 Å². The van der Waals surface area contributed by atoms with E-state index in [0.717, 1.165) is 5.56 Å². The predicted molar refractivity (Wildman–Crippen MR) is 97.3 cm³/mol. The molecule has 2 N–H and O–H groups in total. The molecule has 136 valence electrons. The van der Waals surface area contributed by atoms with E-state index >= 15 is 0 Å². The van der Waals surface area contributed by atoms with Gasteiger partial charge in [-0.05, 0) is 18.4 Å². The molecule has 25 heavy (non-hydrogen) atoms. The summed E-state index contributed by atoms with van der Waals surface area (Å²) in [7, 11) is 0. The summed E-state index contributed by atoms with van der Waals surface area (Å²) in [4.78, 5) is 24.8. The molecule has 1 aromatic carbocycles. The summed E-state index contributed by atoms with van der Waals surface area (Å²) in [6.07, 6.45) is 1.53. The van der Waals surface area contributed by atoms with Gasteiger partial charge >= 0.3 is 12.2 Å². The summed E-state index contributed by atoms with van der Waals surface area (Å²) < 4.78 is 5.21. The van der Waals surface area contributed by atoms with Crippen molar-refractivity contribution in [2.45, 2.75) is 32.5 Å². The third-order valence-corrected chi connectivity index (χ3v) is 3.99. The third-order valence-electron chi connectivity index (χ3n) is 3.99. The van der Waals surface area contributed by atoms with Crippen LogP contribution in [0.5, 0.6) is 0 Å². The third kappa shape index (κ3) is 6.71. The van der Waals surface area contributed by atoms with Crippen molar-refractivity contribution in [3.8, 4) is 0 Å². The summed E-state index contributed by atoms with van der Waals surface area (Å²) >= 11 is 0. The zero-order valence-electron chi connectivity index (χ0n) is 14.7. The lowest BCUT2D eigenvalue weighted by atomic mass is 10.0. The fourth-order valence-corrected chi connectivity index (χ4v) is 2.18. The van der Waals surface area contributed by atoms with Gasteiger partial charge in [-0.25, -0.2) is 9.59 Å². The van der Waals surface area contributed by atoms with Crippen LogP contribution >= 0.6 is 0 Å². The van der Waals surface area contributed by atoms with Gasteiger partial charge in [0, 0.05) is 6.54 Å². The molecule has 0 aliphatic rings. The van der Waals surface area contributed by atoms with Crippen molar-refractivity contribution < 1.29 is 19.4 Å². The fourth-order valence-electron chi connectivity index (χ4n) is 2.18. The molecule has 0 saturated carbocycles. The topological polar surface area (TPSA) is 78.9 Å². The van der Waals surface area contributed by atoms with Crippen molar-refractivity contribution in [2.24, 2.45) is 5.92 Å². The summed E-state index contributed by atoms with van der Waals surface area (Å²) in [5.41, 5.74) is 0.874. The van der Waals surface area contributed by atoms with Crippen LogP contribution in [-0.2, 0) is 11.3 Å². The predicted octanol–water partition coefficient (Wildman–Crippen LogP) is 3.66. The smallest absolute Gasteiger partial charge is 0.407 e. The molecule has 1 unspecified atom stereocenters. The maximum atomic E-state index is 12.1. The molecule has 0 fully saturated rings. The first-order valence-electron chi connectivity index (χ1n) is 8.11. The summed E-state index contributed by atoms with van der Waals surface area (Å²) in [5, 5.41) is 12.1. The highest BCUT2D eigenvalue weighted by Gasteiger charge is 2.26. The van der Waals surface area contributed by atoms with Gasteiger partial charge in [0.15, 0.2) is 0 Å². The number of nitrogens with zero attached hydrogens (tertiary/aromatic N) is 1. The second-order valence-electron chi connectivity index (χ2n) is 5.82. The molecule has 2 amide bonds. The number of alkyl carbamates (subject to hydrolysis) is 1. The van der Waals surface area contributed by atoms with E-state index in [4.69, 9.17) is 4.74 Å². The average molecular weight is 346 g/mol. The molecule has 6 heteroatoms. The first-order chi connectivity index (χ1) is 11.9. The number of nitrogens with one attached hydrogen (secondary N) is 1. The van der Waals surface area contributed by atoms with E-state index in [9.17, 15) is 14.7 Å². The van der Waals surface area contributed by atoms with Gasteiger partial charge in [-0.15, -0.1) is 13.2 Å². The Labute approximate surface area is 148 Å². The Balaban J connectivity index is 2.71. The normalized spacial score (nSPS) is 13.8. The van der Waals surface area contributed by atoms with Crippen molar-refractivity contribution in [1.82, 2.24) is 10.2 Å². The van der Waals surface area contributed by atoms with Crippen LogP contribution in [0.15, 0.2) is 55.6 Å². The Morgan fingerprint density at radius 3 is 2.40 bits per heavy atom. The first kappa shape index (κ1) is 20.3. The van der Waals surface area contributed by atoms with Gasteiger partial charge in [0.05, 0.1) is 12.1 Å². The number of carbonyl (C=O) groups excluding carboxylic acids is 1. The number of ether oxygens (including phenoxy) is 1. The molecule has 0 saturated heterocycles. The minimum Gasteiger partial charge on any atom is -0.465 e. The molecular weight excluding hydrogens is 320 g/mol. The van der Waals surface area contributed by atoms with Crippen molar-refractivity contribution in [1.29, 1.82) is 0 Å². The summed E-state index contributed by atoms with van der Waals surface area (Å²) in [6.45, 7) is 11.2. The van der Waals surface area contributed by atoms with Crippen LogP contribution in [-0.4, -0.2) is 40.8 Å². The van der Waals surface area contributed by atoms with E-state index in [1.807, 2.05) is 37.3 Å². The molecule has 6 nitrogen and oxygen atoms in total. The molecule has 0 radical (unpaired) electrons. The molecule has 0 spiro atoms. The molecule has 1 aromatic rings. The molecular formula is C19H26N2O4. The Bertz CT molecular complexity index is 588. The van der Waals surface area contributed by atoms with E-state index in [1.165, 1.54) is 11.0 Å². The molecule has 0 aromatic heterocycles. The highest BCUT2D eigenvalue weighted by molar-refractivity contribution is 5.68. The average Bonchev–Trinajstić information content (AvgIpc) is 2.62. The molecule has 0 aliphatic carbocycles. The van der Waals surface area contributed by atoms with Crippen molar-refractivity contribution in [3.05, 3.63) is 61.2 Å². The number of amides is 2. The van der Waals surface area contributed by atoms with E-state index in [1.54, 1.807) is 13.0 Å². The molecule has 3 atom stereocenters. The molecule has 0 heterocycles. The monoisotopic (exact) mass is 346 g/mol. The maximum absolute atomic E-state index is 12.1. The Morgan fingerprint density at radius 1 is 1.24 bits per heavy atom. The van der Waals surface area contributed by atoms with Crippen LogP contribution in [0.2, 0.25) is 0 Å². The van der Waals surface area contributed by atoms with Crippen molar-refractivity contribution in [2.75, 3.05) is 6.54 Å². The zero-order chi connectivity index (χ0) is 18.8. The van der Waals surface area contributed by atoms with Gasteiger partial charge < -0.3 is 20.1 Å². The number of carbonyl (C=O) groups is 2. The van der Waals surface area contributed by atoms with E-state index in [2.05, 4.69) is 18.5 Å². The number of hydrogen-bond acceptors (Lipinski definition) is 3. The number of hydrogen-bond donors (Lipinski definition) is 2. The fraction of sp³-hybridized carbons (Fsp3) is 0.368.